The van der Waals surface area contributed by atoms with Gasteiger partial charge in [-0.15, -0.1) is 0 Å². The van der Waals surface area contributed by atoms with Crippen LogP contribution in [0.1, 0.15) is 0 Å². The number of amides is 1. The van der Waals surface area contributed by atoms with Crippen LogP contribution in [0.15, 0.2) is 0 Å². The molecule has 0 aliphatic carbocycles. The second-order valence-electron chi connectivity index (χ2n) is 3.01. The van der Waals surface area contributed by atoms with E-state index in [1.807, 2.05) is 0 Å². The zero-order chi connectivity index (χ0) is 10.8. The van der Waals surface area contributed by atoms with Crippen molar-refractivity contribution < 1.29 is 23.1 Å². The van der Waals surface area contributed by atoms with Crippen LogP contribution < -0.4 is 5.32 Å². The summed E-state index contributed by atoms with van der Waals surface area (Å²) in [6.45, 7) is -0.899. The number of carbonyl (C=O) groups is 1. The highest BCUT2D eigenvalue weighted by Gasteiger charge is 2.46. The van der Waals surface area contributed by atoms with Crippen molar-refractivity contribution in [2.75, 3.05) is 26.2 Å². The van der Waals surface area contributed by atoms with Crippen LogP contribution in [-0.2, 0) is 4.79 Å². The van der Waals surface area contributed by atoms with Crippen molar-refractivity contribution in [1.82, 2.24) is 10.2 Å². The maximum Gasteiger partial charge on any atom is 0.410 e. The minimum absolute atomic E-state index is 0.0242. The quantitative estimate of drug-likeness (QED) is 0.606. The van der Waals surface area contributed by atoms with E-state index in [0.717, 1.165) is 0 Å². The van der Waals surface area contributed by atoms with Gasteiger partial charge in [0, 0.05) is 19.6 Å². The monoisotopic (exact) mass is 212 g/mol. The van der Waals surface area contributed by atoms with Crippen LogP contribution in [0.2, 0.25) is 0 Å². The van der Waals surface area contributed by atoms with Gasteiger partial charge in [-0.3, -0.25) is 4.79 Å². The molecular weight excluding hydrogens is 201 g/mol. The van der Waals surface area contributed by atoms with E-state index in [1.165, 1.54) is 0 Å². The molecule has 0 bridgehead atoms. The van der Waals surface area contributed by atoms with Gasteiger partial charge in [0.05, 0.1) is 0 Å². The maximum atomic E-state index is 12.4. The molecule has 1 aliphatic rings. The molecule has 1 rings (SSSR count). The first-order valence-corrected chi connectivity index (χ1v) is 4.14. The van der Waals surface area contributed by atoms with E-state index in [0.29, 0.717) is 11.4 Å². The van der Waals surface area contributed by atoms with E-state index in [9.17, 15) is 18.0 Å². The largest absolute Gasteiger partial charge is 0.410 e. The third-order valence-electron chi connectivity index (χ3n) is 2.08. The number of hydrogen-bond acceptors (Lipinski definition) is 3. The van der Waals surface area contributed by atoms with Gasteiger partial charge in [-0.1, -0.05) is 0 Å². The van der Waals surface area contributed by atoms with Crippen molar-refractivity contribution in [2.24, 2.45) is 0 Å². The van der Waals surface area contributed by atoms with Crippen molar-refractivity contribution in [3.63, 3.8) is 0 Å². The fourth-order valence-electron chi connectivity index (χ4n) is 1.39. The predicted molar refractivity (Wildman–Crippen MR) is 41.5 cm³/mol. The zero-order valence-corrected chi connectivity index (χ0v) is 7.34. The van der Waals surface area contributed by atoms with E-state index < -0.39 is 24.7 Å². The summed E-state index contributed by atoms with van der Waals surface area (Å²) in [6, 6.07) is -1.82. The van der Waals surface area contributed by atoms with E-state index in [1.54, 1.807) is 0 Å². The third kappa shape index (κ3) is 2.36. The minimum atomic E-state index is -4.45. The third-order valence-corrected chi connectivity index (χ3v) is 2.08. The molecule has 1 unspecified atom stereocenters. The van der Waals surface area contributed by atoms with Gasteiger partial charge in [0.25, 0.3) is 0 Å². The molecule has 4 nitrogen and oxygen atoms in total. The molecule has 14 heavy (non-hydrogen) atoms. The van der Waals surface area contributed by atoms with Crippen molar-refractivity contribution in [3.05, 3.63) is 0 Å². The fourth-order valence-corrected chi connectivity index (χ4v) is 1.39. The minimum Gasteiger partial charge on any atom is -0.387 e. The summed E-state index contributed by atoms with van der Waals surface area (Å²) in [5.74, 6) is -0.881. The molecule has 0 spiro atoms. The predicted octanol–water partition coefficient (Wildman–Crippen LogP) is -0.659. The second kappa shape index (κ2) is 4.14. The summed E-state index contributed by atoms with van der Waals surface area (Å²) in [6.07, 6.45) is -4.45. The Morgan fingerprint density at radius 3 is 2.71 bits per heavy atom. The lowest BCUT2D eigenvalue weighted by atomic mass is 10.2. The molecular formula is C7H11F3N2O2. The van der Waals surface area contributed by atoms with Gasteiger partial charge >= 0.3 is 6.18 Å². The molecule has 1 fully saturated rings. The molecule has 0 aromatic carbocycles. The average molecular weight is 212 g/mol. The molecule has 1 heterocycles. The van der Waals surface area contributed by atoms with Gasteiger partial charge in [-0.05, 0) is 0 Å². The van der Waals surface area contributed by atoms with Gasteiger partial charge in [0.15, 0.2) is 0 Å². The molecule has 0 aromatic heterocycles. The van der Waals surface area contributed by atoms with E-state index in [2.05, 4.69) is 5.32 Å². The smallest absolute Gasteiger partial charge is 0.387 e. The maximum absolute atomic E-state index is 12.4. The molecule has 7 heteroatoms. The molecule has 1 saturated heterocycles. The molecule has 1 aliphatic heterocycles. The number of nitrogens with one attached hydrogen (secondary N) is 1. The van der Waals surface area contributed by atoms with E-state index >= 15 is 0 Å². The van der Waals surface area contributed by atoms with E-state index in [4.69, 9.17) is 5.11 Å². The van der Waals surface area contributed by atoms with Gasteiger partial charge in [0.1, 0.15) is 12.6 Å². The molecule has 0 aromatic rings. The Balaban J connectivity index is 2.74. The topological polar surface area (TPSA) is 52.6 Å². The lowest BCUT2D eigenvalue weighted by Crippen LogP contribution is -2.60. The summed E-state index contributed by atoms with van der Waals surface area (Å²) in [5.41, 5.74) is 0. The Hall–Kier alpha value is -0.820. The number of piperazine rings is 1. The van der Waals surface area contributed by atoms with Crippen LogP contribution in [0.25, 0.3) is 0 Å². The number of halogens is 3. The summed E-state index contributed by atoms with van der Waals surface area (Å²) < 4.78 is 37.1. The molecule has 1 atom stereocenters. The lowest BCUT2D eigenvalue weighted by molar-refractivity contribution is -0.193. The number of hydrogen-bond donors (Lipinski definition) is 2. The Morgan fingerprint density at radius 2 is 2.21 bits per heavy atom. The van der Waals surface area contributed by atoms with Gasteiger partial charge in [0.2, 0.25) is 5.91 Å². The van der Waals surface area contributed by atoms with Crippen molar-refractivity contribution in [1.29, 1.82) is 0 Å². The molecule has 0 saturated carbocycles. The highest BCUT2D eigenvalue weighted by atomic mass is 19.4. The average Bonchev–Trinajstić information content (AvgIpc) is 2.15. The highest BCUT2D eigenvalue weighted by molar-refractivity contribution is 5.77. The number of aliphatic hydroxyl groups is 1. The second-order valence-corrected chi connectivity index (χ2v) is 3.01. The van der Waals surface area contributed by atoms with Crippen molar-refractivity contribution in [3.8, 4) is 0 Å². The molecule has 2 N–H and O–H groups in total. The van der Waals surface area contributed by atoms with Crippen LogP contribution in [0.5, 0.6) is 0 Å². The van der Waals surface area contributed by atoms with Crippen molar-refractivity contribution in [2.45, 2.75) is 12.2 Å². The first-order valence-electron chi connectivity index (χ1n) is 4.14. The highest BCUT2D eigenvalue weighted by Crippen LogP contribution is 2.25. The number of nitrogens with zero attached hydrogens (tertiary/aromatic N) is 1. The van der Waals surface area contributed by atoms with Crippen LogP contribution in [0.4, 0.5) is 13.2 Å². The van der Waals surface area contributed by atoms with Crippen LogP contribution in [0.3, 0.4) is 0 Å². The van der Waals surface area contributed by atoms with E-state index in [-0.39, 0.29) is 13.1 Å². The summed E-state index contributed by atoms with van der Waals surface area (Å²) in [4.78, 5) is 11.6. The number of carbonyl (C=O) groups excluding carboxylic acids is 1. The number of aliphatic hydroxyl groups excluding tert-OH is 1. The number of alkyl halides is 3. The van der Waals surface area contributed by atoms with Crippen LogP contribution in [0, 0.1) is 0 Å². The first kappa shape index (κ1) is 11.3. The molecule has 0 radical (unpaired) electrons. The van der Waals surface area contributed by atoms with Crippen LogP contribution in [-0.4, -0.2) is 54.4 Å². The summed E-state index contributed by atoms with van der Waals surface area (Å²) in [7, 11) is 0. The van der Waals surface area contributed by atoms with Gasteiger partial charge in [-0.25, -0.2) is 0 Å². The SMILES string of the molecule is O=C(CO)N1CCNCC1C(F)(F)F. The Labute approximate surface area is 78.7 Å². The standard InChI is InChI=1S/C7H11F3N2O2/c8-7(9,10)5-3-11-1-2-12(5)6(14)4-13/h5,11,13H,1-4H2. The lowest BCUT2D eigenvalue weighted by Gasteiger charge is -2.36. The van der Waals surface area contributed by atoms with Gasteiger partial charge in [-0.2, -0.15) is 13.2 Å². The van der Waals surface area contributed by atoms with Crippen molar-refractivity contribution >= 4 is 5.91 Å². The molecule has 82 valence electrons. The summed E-state index contributed by atoms with van der Waals surface area (Å²) in [5, 5.41) is 11.0. The Kier molecular flexibility index (Phi) is 3.33. The summed E-state index contributed by atoms with van der Waals surface area (Å²) >= 11 is 0. The first-order chi connectivity index (χ1) is 6.46. The van der Waals surface area contributed by atoms with Gasteiger partial charge < -0.3 is 15.3 Å². The van der Waals surface area contributed by atoms with Crippen LogP contribution >= 0.6 is 0 Å². The fraction of sp³-hybridized carbons (Fsp3) is 0.857. The zero-order valence-electron chi connectivity index (χ0n) is 7.34. The molecule has 1 amide bonds. The normalized spacial score (nSPS) is 23.7. The Bertz CT molecular complexity index is 219. The number of rotatable bonds is 1. The Morgan fingerprint density at radius 1 is 1.57 bits per heavy atom.